The lowest BCUT2D eigenvalue weighted by molar-refractivity contribution is -0.136. The summed E-state index contributed by atoms with van der Waals surface area (Å²) in [6.07, 6.45) is 3.54. The van der Waals surface area contributed by atoms with E-state index in [1.165, 1.54) is 17.7 Å². The maximum atomic E-state index is 12.2. The van der Waals surface area contributed by atoms with Crippen molar-refractivity contribution in [3.63, 3.8) is 0 Å². The highest BCUT2D eigenvalue weighted by atomic mass is 32.1. The van der Waals surface area contributed by atoms with Gasteiger partial charge in [0.05, 0.1) is 22.8 Å². The van der Waals surface area contributed by atoms with Crippen molar-refractivity contribution in [1.29, 1.82) is 0 Å². The monoisotopic (exact) mass is 395 g/mol. The summed E-state index contributed by atoms with van der Waals surface area (Å²) in [5.74, 6) is -1.92. The van der Waals surface area contributed by atoms with E-state index in [9.17, 15) is 19.2 Å². The average Bonchev–Trinajstić information content (AvgIpc) is 3.27. The van der Waals surface area contributed by atoms with Crippen LogP contribution in [0.15, 0.2) is 42.3 Å². The first kappa shape index (κ1) is 17.9. The smallest absolute Gasteiger partial charge is 0.262 e. The molecule has 0 saturated carbocycles. The summed E-state index contributed by atoms with van der Waals surface area (Å²) in [5, 5.41) is 2.15. The van der Waals surface area contributed by atoms with Crippen LogP contribution in [0.5, 0.6) is 0 Å². The Hall–Kier alpha value is -3.53. The fourth-order valence-electron chi connectivity index (χ4n) is 3.04. The van der Waals surface area contributed by atoms with Crippen LogP contribution in [0.3, 0.4) is 0 Å². The van der Waals surface area contributed by atoms with Gasteiger partial charge in [-0.05, 0) is 18.6 Å². The molecule has 0 aliphatic carbocycles. The van der Waals surface area contributed by atoms with Gasteiger partial charge in [0.2, 0.25) is 11.8 Å². The van der Waals surface area contributed by atoms with E-state index in [-0.39, 0.29) is 18.7 Å². The van der Waals surface area contributed by atoms with Crippen LogP contribution in [0.1, 0.15) is 33.6 Å². The SMILES string of the molecule is O=C1CCC(N2C(=O)c3ccccc3C2=O)C(=O)N1.c1ncc2ncsc2n1. The maximum absolute atomic E-state index is 12.2. The second-order valence-corrected chi connectivity index (χ2v) is 6.89. The van der Waals surface area contributed by atoms with E-state index in [0.717, 1.165) is 15.2 Å². The number of piperidine rings is 1. The number of carbonyl (C=O) groups is 4. The molecule has 4 heterocycles. The van der Waals surface area contributed by atoms with Crippen LogP contribution in [0.4, 0.5) is 0 Å². The van der Waals surface area contributed by atoms with E-state index in [2.05, 4.69) is 20.3 Å². The van der Waals surface area contributed by atoms with E-state index in [1.807, 2.05) is 0 Å². The number of hydrogen-bond acceptors (Lipinski definition) is 8. The summed E-state index contributed by atoms with van der Waals surface area (Å²) in [6, 6.07) is 5.55. The van der Waals surface area contributed by atoms with Gasteiger partial charge in [-0.2, -0.15) is 0 Å². The Bertz CT molecular complexity index is 1050. The van der Waals surface area contributed by atoms with Gasteiger partial charge in [-0.1, -0.05) is 12.1 Å². The third kappa shape index (κ3) is 3.14. The fraction of sp³-hybridized carbons (Fsp3) is 0.167. The average molecular weight is 395 g/mol. The molecule has 2 aromatic heterocycles. The summed E-state index contributed by atoms with van der Waals surface area (Å²) < 4.78 is 0. The number of nitrogens with zero attached hydrogens (tertiary/aromatic N) is 4. The van der Waals surface area contributed by atoms with E-state index < -0.39 is 23.8 Å². The van der Waals surface area contributed by atoms with Gasteiger partial charge >= 0.3 is 0 Å². The molecule has 1 saturated heterocycles. The molecule has 0 spiro atoms. The van der Waals surface area contributed by atoms with Crippen molar-refractivity contribution in [1.82, 2.24) is 25.2 Å². The van der Waals surface area contributed by atoms with Crippen LogP contribution in [0.2, 0.25) is 0 Å². The summed E-state index contributed by atoms with van der Waals surface area (Å²) in [7, 11) is 0. The van der Waals surface area contributed by atoms with Crippen LogP contribution in [-0.4, -0.2) is 49.5 Å². The Balaban J connectivity index is 0.000000177. The highest BCUT2D eigenvalue weighted by molar-refractivity contribution is 7.16. The zero-order valence-corrected chi connectivity index (χ0v) is 15.2. The summed E-state index contributed by atoms with van der Waals surface area (Å²) in [4.78, 5) is 60.9. The molecule has 0 bridgehead atoms. The standard InChI is InChI=1S/C13H10N2O4.C5H3N3S/c16-10-6-5-9(11(17)14-10)15-12(18)7-3-1-2-4-8(7)13(15)19;1-4-5(7-2-6-1)9-3-8-4/h1-4,9H,5-6H2,(H,14,16,17);1-3H. The van der Waals surface area contributed by atoms with Gasteiger partial charge in [0, 0.05) is 6.42 Å². The van der Waals surface area contributed by atoms with Crippen molar-refractivity contribution in [3.05, 3.63) is 53.4 Å². The van der Waals surface area contributed by atoms with Gasteiger partial charge in [-0.25, -0.2) is 15.0 Å². The molecular formula is C18H13N5O4S. The number of carbonyl (C=O) groups excluding carboxylic acids is 4. The molecule has 3 aromatic rings. The molecule has 1 aromatic carbocycles. The van der Waals surface area contributed by atoms with Crippen molar-refractivity contribution in [3.8, 4) is 0 Å². The van der Waals surface area contributed by atoms with Crippen LogP contribution < -0.4 is 5.32 Å². The molecular weight excluding hydrogens is 382 g/mol. The van der Waals surface area contributed by atoms with Gasteiger partial charge in [-0.3, -0.25) is 29.4 Å². The van der Waals surface area contributed by atoms with E-state index >= 15 is 0 Å². The first-order valence-electron chi connectivity index (χ1n) is 8.36. The molecule has 1 unspecified atom stereocenters. The number of rotatable bonds is 1. The summed E-state index contributed by atoms with van der Waals surface area (Å²) in [5.41, 5.74) is 3.25. The predicted octanol–water partition coefficient (Wildman–Crippen LogP) is 1.17. The molecule has 2 aliphatic heterocycles. The largest absolute Gasteiger partial charge is 0.295 e. The molecule has 9 nitrogen and oxygen atoms in total. The Kier molecular flexibility index (Phi) is 4.62. The Morgan fingerprint density at radius 3 is 2.39 bits per heavy atom. The van der Waals surface area contributed by atoms with Crippen molar-refractivity contribution in [2.24, 2.45) is 0 Å². The zero-order valence-electron chi connectivity index (χ0n) is 14.4. The van der Waals surface area contributed by atoms with E-state index in [1.54, 1.807) is 36.0 Å². The molecule has 140 valence electrons. The highest BCUT2D eigenvalue weighted by Gasteiger charge is 2.44. The van der Waals surface area contributed by atoms with Gasteiger partial charge in [-0.15, -0.1) is 11.3 Å². The molecule has 1 N–H and O–H groups in total. The summed E-state index contributed by atoms with van der Waals surface area (Å²) >= 11 is 1.53. The maximum Gasteiger partial charge on any atom is 0.262 e. The van der Waals surface area contributed by atoms with Gasteiger partial charge < -0.3 is 0 Å². The number of amides is 4. The van der Waals surface area contributed by atoms with E-state index in [0.29, 0.717) is 11.1 Å². The van der Waals surface area contributed by atoms with Crippen molar-refractivity contribution in [2.75, 3.05) is 0 Å². The first-order valence-corrected chi connectivity index (χ1v) is 9.24. The predicted molar refractivity (Wildman–Crippen MR) is 98.3 cm³/mol. The quantitative estimate of drug-likeness (QED) is 0.614. The molecule has 0 radical (unpaired) electrons. The zero-order chi connectivity index (χ0) is 19.7. The molecule has 10 heteroatoms. The molecule has 1 fully saturated rings. The number of imide groups is 2. The number of benzene rings is 1. The second-order valence-electron chi connectivity index (χ2n) is 6.06. The highest BCUT2D eigenvalue weighted by Crippen LogP contribution is 2.27. The number of thiazole rings is 1. The van der Waals surface area contributed by atoms with E-state index in [4.69, 9.17) is 0 Å². The van der Waals surface area contributed by atoms with Crippen LogP contribution >= 0.6 is 11.3 Å². The van der Waals surface area contributed by atoms with Crippen LogP contribution in [-0.2, 0) is 9.59 Å². The topological polar surface area (TPSA) is 122 Å². The lowest BCUT2D eigenvalue weighted by Gasteiger charge is -2.27. The fourth-order valence-corrected chi connectivity index (χ4v) is 3.64. The minimum absolute atomic E-state index is 0.129. The van der Waals surface area contributed by atoms with Crippen molar-refractivity contribution >= 4 is 45.3 Å². The first-order chi connectivity index (χ1) is 13.6. The third-order valence-corrected chi connectivity index (χ3v) is 5.11. The second kappa shape index (κ2) is 7.24. The number of aromatic nitrogens is 3. The molecule has 28 heavy (non-hydrogen) atoms. The molecule has 5 rings (SSSR count). The Labute approximate surface area is 162 Å². The number of fused-ring (bicyclic) bond motifs is 2. The normalized spacial score (nSPS) is 18.6. The van der Waals surface area contributed by atoms with Gasteiger partial charge in [0.15, 0.2) is 0 Å². The molecule has 2 aliphatic rings. The van der Waals surface area contributed by atoms with Gasteiger partial charge in [0.1, 0.15) is 22.7 Å². The molecule has 1 atom stereocenters. The lowest BCUT2D eigenvalue weighted by atomic mass is 10.0. The minimum Gasteiger partial charge on any atom is -0.295 e. The third-order valence-electron chi connectivity index (χ3n) is 4.36. The summed E-state index contributed by atoms with van der Waals surface area (Å²) in [6.45, 7) is 0. The Morgan fingerprint density at radius 1 is 1.04 bits per heavy atom. The van der Waals surface area contributed by atoms with Crippen molar-refractivity contribution in [2.45, 2.75) is 18.9 Å². The number of nitrogens with one attached hydrogen (secondary N) is 1. The van der Waals surface area contributed by atoms with Crippen molar-refractivity contribution < 1.29 is 19.2 Å². The van der Waals surface area contributed by atoms with Gasteiger partial charge in [0.25, 0.3) is 11.8 Å². The lowest BCUT2D eigenvalue weighted by Crippen LogP contribution is -2.54. The Morgan fingerprint density at radius 2 is 1.75 bits per heavy atom. The number of hydrogen-bond donors (Lipinski definition) is 1. The van der Waals surface area contributed by atoms with Crippen LogP contribution in [0, 0.1) is 0 Å². The van der Waals surface area contributed by atoms with Crippen LogP contribution in [0.25, 0.3) is 10.3 Å². The minimum atomic E-state index is -0.898. The molecule has 4 amide bonds.